The van der Waals surface area contributed by atoms with Crippen molar-refractivity contribution in [2.45, 2.75) is 44.9 Å². The predicted molar refractivity (Wildman–Crippen MR) is 71.4 cm³/mol. The lowest BCUT2D eigenvalue weighted by Gasteiger charge is -2.42. The summed E-state index contributed by atoms with van der Waals surface area (Å²) in [4.78, 5) is 0. The molecule has 3 heteroatoms. The third-order valence-electron chi connectivity index (χ3n) is 3.59. The summed E-state index contributed by atoms with van der Waals surface area (Å²) in [6.07, 6.45) is 1.19. The van der Waals surface area contributed by atoms with Crippen LogP contribution in [0, 0.1) is 0 Å². The molecule has 0 saturated carbocycles. The van der Waals surface area contributed by atoms with Crippen LogP contribution in [0.4, 0.5) is 0 Å². The predicted octanol–water partition coefficient (Wildman–Crippen LogP) is 3.56. The fourth-order valence-corrected chi connectivity index (χ4v) is 2.45. The summed E-state index contributed by atoms with van der Waals surface area (Å²) < 4.78 is 6.02. The summed E-state index contributed by atoms with van der Waals surface area (Å²) in [6, 6.07) is 8.23. The number of halogens is 1. The van der Waals surface area contributed by atoms with Crippen molar-refractivity contribution >= 4 is 11.6 Å². The summed E-state index contributed by atoms with van der Waals surface area (Å²) in [5.74, 6) is 0. The SMILES string of the molecule is CCC1(C)COC(c2ccc(Cl)cc2)C(C)N1. The molecule has 1 saturated heterocycles. The fourth-order valence-electron chi connectivity index (χ4n) is 2.33. The molecule has 2 nitrogen and oxygen atoms in total. The van der Waals surface area contributed by atoms with Crippen molar-refractivity contribution < 1.29 is 4.74 Å². The van der Waals surface area contributed by atoms with E-state index in [0.29, 0.717) is 6.04 Å². The van der Waals surface area contributed by atoms with Gasteiger partial charge in [0.15, 0.2) is 0 Å². The third-order valence-corrected chi connectivity index (χ3v) is 3.84. The van der Waals surface area contributed by atoms with Crippen LogP contribution in [0.25, 0.3) is 0 Å². The van der Waals surface area contributed by atoms with Gasteiger partial charge in [0, 0.05) is 16.6 Å². The van der Waals surface area contributed by atoms with Gasteiger partial charge in [-0.15, -0.1) is 0 Å². The van der Waals surface area contributed by atoms with E-state index < -0.39 is 0 Å². The van der Waals surface area contributed by atoms with E-state index in [-0.39, 0.29) is 11.6 Å². The van der Waals surface area contributed by atoms with E-state index >= 15 is 0 Å². The lowest BCUT2D eigenvalue weighted by molar-refractivity contribution is -0.0561. The van der Waals surface area contributed by atoms with Crippen molar-refractivity contribution in [2.75, 3.05) is 6.61 Å². The van der Waals surface area contributed by atoms with Gasteiger partial charge in [-0.25, -0.2) is 0 Å². The highest BCUT2D eigenvalue weighted by atomic mass is 35.5. The van der Waals surface area contributed by atoms with Gasteiger partial charge in [-0.05, 0) is 38.0 Å². The molecule has 1 aliphatic rings. The van der Waals surface area contributed by atoms with Gasteiger partial charge in [-0.1, -0.05) is 30.7 Å². The molecule has 1 aliphatic heterocycles. The van der Waals surface area contributed by atoms with Crippen LogP contribution in [0.3, 0.4) is 0 Å². The first kappa shape index (κ1) is 12.9. The van der Waals surface area contributed by atoms with E-state index in [0.717, 1.165) is 18.1 Å². The zero-order chi connectivity index (χ0) is 12.5. The highest BCUT2D eigenvalue weighted by Gasteiger charge is 2.35. The van der Waals surface area contributed by atoms with Crippen molar-refractivity contribution in [1.29, 1.82) is 0 Å². The van der Waals surface area contributed by atoms with Crippen LogP contribution in [0.2, 0.25) is 5.02 Å². The summed E-state index contributed by atoms with van der Waals surface area (Å²) in [5.41, 5.74) is 1.29. The van der Waals surface area contributed by atoms with Crippen LogP contribution in [0.5, 0.6) is 0 Å². The molecule has 1 aromatic rings. The minimum atomic E-state index is 0.0995. The number of morpholine rings is 1. The second-order valence-corrected chi connectivity index (χ2v) is 5.57. The number of benzene rings is 1. The van der Waals surface area contributed by atoms with Gasteiger partial charge in [-0.3, -0.25) is 0 Å². The smallest absolute Gasteiger partial charge is 0.0976 e. The second kappa shape index (κ2) is 4.97. The molecular weight excluding hydrogens is 234 g/mol. The first-order valence-corrected chi connectivity index (χ1v) is 6.56. The number of ether oxygens (including phenoxy) is 1. The average molecular weight is 254 g/mol. The summed E-state index contributed by atoms with van der Waals surface area (Å²) >= 11 is 5.90. The molecule has 1 fully saturated rings. The molecule has 1 aromatic carbocycles. The fraction of sp³-hybridized carbons (Fsp3) is 0.571. The van der Waals surface area contributed by atoms with Crippen molar-refractivity contribution in [3.05, 3.63) is 34.9 Å². The lowest BCUT2D eigenvalue weighted by Crippen LogP contribution is -2.56. The van der Waals surface area contributed by atoms with Gasteiger partial charge < -0.3 is 10.1 Å². The quantitative estimate of drug-likeness (QED) is 0.870. The first-order chi connectivity index (χ1) is 8.04. The van der Waals surface area contributed by atoms with Crippen molar-refractivity contribution in [2.24, 2.45) is 0 Å². The standard InChI is InChI=1S/C14H20ClNO/c1-4-14(3)9-17-13(10(2)16-14)11-5-7-12(15)8-6-11/h5-8,10,13,16H,4,9H2,1-3H3. The Morgan fingerprint density at radius 2 is 2.06 bits per heavy atom. The zero-order valence-corrected chi connectivity index (χ0v) is 11.4. The Bertz CT molecular complexity index is 378. The average Bonchev–Trinajstić information content (AvgIpc) is 2.31. The summed E-state index contributed by atoms with van der Waals surface area (Å²) in [7, 11) is 0. The van der Waals surface area contributed by atoms with Crippen LogP contribution in [0.1, 0.15) is 38.9 Å². The monoisotopic (exact) mass is 253 g/mol. The lowest BCUT2D eigenvalue weighted by atomic mass is 9.92. The van der Waals surface area contributed by atoms with Gasteiger partial charge in [0.1, 0.15) is 0 Å². The largest absolute Gasteiger partial charge is 0.370 e. The topological polar surface area (TPSA) is 21.3 Å². The van der Waals surface area contributed by atoms with Crippen molar-refractivity contribution in [3.63, 3.8) is 0 Å². The maximum Gasteiger partial charge on any atom is 0.0976 e. The van der Waals surface area contributed by atoms with E-state index in [4.69, 9.17) is 16.3 Å². The normalized spacial score (nSPS) is 33.6. The number of nitrogens with one attached hydrogen (secondary N) is 1. The van der Waals surface area contributed by atoms with E-state index in [1.807, 2.05) is 24.3 Å². The highest BCUT2D eigenvalue weighted by Crippen LogP contribution is 2.30. The Morgan fingerprint density at radius 3 is 2.59 bits per heavy atom. The molecule has 17 heavy (non-hydrogen) atoms. The van der Waals surface area contributed by atoms with Crippen LogP contribution in [-0.4, -0.2) is 18.2 Å². The van der Waals surface area contributed by atoms with E-state index in [2.05, 4.69) is 26.1 Å². The number of rotatable bonds is 2. The van der Waals surface area contributed by atoms with Gasteiger partial charge >= 0.3 is 0 Å². The Labute approximate surface area is 108 Å². The number of hydrogen-bond acceptors (Lipinski definition) is 2. The Balaban J connectivity index is 2.12. The molecular formula is C14H20ClNO. The minimum Gasteiger partial charge on any atom is -0.370 e. The molecule has 0 aromatic heterocycles. The molecule has 0 bridgehead atoms. The highest BCUT2D eigenvalue weighted by molar-refractivity contribution is 6.30. The minimum absolute atomic E-state index is 0.0995. The molecule has 3 atom stereocenters. The molecule has 3 unspecified atom stereocenters. The number of hydrogen-bond donors (Lipinski definition) is 1. The third kappa shape index (κ3) is 2.82. The summed E-state index contributed by atoms with van der Waals surface area (Å²) in [5, 5.41) is 4.41. The zero-order valence-electron chi connectivity index (χ0n) is 10.7. The first-order valence-electron chi connectivity index (χ1n) is 6.19. The van der Waals surface area contributed by atoms with Crippen LogP contribution in [0.15, 0.2) is 24.3 Å². The maximum atomic E-state index is 6.02. The molecule has 0 spiro atoms. The molecule has 1 heterocycles. The molecule has 1 N–H and O–H groups in total. The van der Waals surface area contributed by atoms with Gasteiger partial charge in [0.2, 0.25) is 0 Å². The molecule has 0 aliphatic carbocycles. The van der Waals surface area contributed by atoms with Crippen LogP contribution >= 0.6 is 11.6 Å². The Hall–Kier alpha value is -0.570. The van der Waals surface area contributed by atoms with Crippen molar-refractivity contribution in [3.8, 4) is 0 Å². The van der Waals surface area contributed by atoms with Gasteiger partial charge in [0.25, 0.3) is 0 Å². The Morgan fingerprint density at radius 1 is 1.41 bits per heavy atom. The molecule has 2 rings (SSSR count). The maximum absolute atomic E-state index is 6.02. The van der Waals surface area contributed by atoms with E-state index in [9.17, 15) is 0 Å². The molecule has 94 valence electrons. The van der Waals surface area contributed by atoms with Crippen LogP contribution < -0.4 is 5.32 Å². The van der Waals surface area contributed by atoms with E-state index in [1.165, 1.54) is 5.56 Å². The van der Waals surface area contributed by atoms with Crippen molar-refractivity contribution in [1.82, 2.24) is 5.32 Å². The van der Waals surface area contributed by atoms with E-state index in [1.54, 1.807) is 0 Å². The summed E-state index contributed by atoms with van der Waals surface area (Å²) in [6.45, 7) is 7.32. The van der Waals surface area contributed by atoms with Crippen LogP contribution in [-0.2, 0) is 4.74 Å². The Kier molecular flexibility index (Phi) is 3.76. The molecule has 0 radical (unpaired) electrons. The second-order valence-electron chi connectivity index (χ2n) is 5.13. The van der Waals surface area contributed by atoms with Gasteiger partial charge in [-0.2, -0.15) is 0 Å². The molecule has 0 amide bonds. The van der Waals surface area contributed by atoms with Gasteiger partial charge in [0.05, 0.1) is 12.7 Å².